The van der Waals surface area contributed by atoms with Crippen molar-refractivity contribution < 1.29 is 4.74 Å². The Morgan fingerprint density at radius 3 is 2.55 bits per heavy atom. The molecule has 2 N–H and O–H groups in total. The second-order valence-corrected chi connectivity index (χ2v) is 5.40. The Hall–Kier alpha value is -1.63. The van der Waals surface area contributed by atoms with E-state index in [0.717, 1.165) is 38.4 Å². The zero-order valence-electron chi connectivity index (χ0n) is 12.5. The molecule has 2 heterocycles. The van der Waals surface area contributed by atoms with Gasteiger partial charge < -0.3 is 20.3 Å². The van der Waals surface area contributed by atoms with Gasteiger partial charge in [0.1, 0.15) is 0 Å². The lowest BCUT2D eigenvalue weighted by Crippen LogP contribution is -2.38. The van der Waals surface area contributed by atoms with Crippen molar-refractivity contribution in [3.8, 4) is 6.01 Å². The molecule has 7 nitrogen and oxygen atoms in total. The summed E-state index contributed by atoms with van der Waals surface area (Å²) in [6.45, 7) is 5.46. The number of piperidine rings is 1. The summed E-state index contributed by atoms with van der Waals surface area (Å²) in [5.74, 6) is 1.59. The number of nitrogen functional groups attached to an aromatic ring is 1. The molecule has 2 rings (SSSR count). The molecule has 1 aliphatic rings. The second-order valence-electron chi connectivity index (χ2n) is 5.40. The van der Waals surface area contributed by atoms with Crippen molar-refractivity contribution in [1.29, 1.82) is 0 Å². The lowest BCUT2D eigenvalue weighted by atomic mass is 9.97. The van der Waals surface area contributed by atoms with Crippen LogP contribution in [-0.4, -0.2) is 60.2 Å². The number of hydrogen-bond donors (Lipinski definition) is 1. The molecule has 7 heteroatoms. The maximum absolute atomic E-state index is 5.71. The summed E-state index contributed by atoms with van der Waals surface area (Å²) in [5, 5.41) is 0. The molecule has 0 saturated carbocycles. The Morgan fingerprint density at radius 1 is 1.25 bits per heavy atom. The standard InChI is InChI=1S/C13H24N6O/c1-4-20-13-16-11(14)15-12(17-13)19-7-5-10(6-8-19)9-18(2)3/h10H,4-9H2,1-3H3,(H2,14,15,16,17). The van der Waals surface area contributed by atoms with Gasteiger partial charge in [-0.15, -0.1) is 0 Å². The highest BCUT2D eigenvalue weighted by Crippen LogP contribution is 2.22. The van der Waals surface area contributed by atoms with Gasteiger partial charge in [0.05, 0.1) is 6.61 Å². The van der Waals surface area contributed by atoms with E-state index in [4.69, 9.17) is 10.5 Å². The van der Waals surface area contributed by atoms with Crippen LogP contribution in [0.2, 0.25) is 0 Å². The van der Waals surface area contributed by atoms with Crippen molar-refractivity contribution in [3.63, 3.8) is 0 Å². The topological polar surface area (TPSA) is 80.4 Å². The number of nitrogens with zero attached hydrogens (tertiary/aromatic N) is 5. The number of ether oxygens (including phenoxy) is 1. The average molecular weight is 280 g/mol. The van der Waals surface area contributed by atoms with Gasteiger partial charge in [0.15, 0.2) is 0 Å². The SMILES string of the molecule is CCOc1nc(N)nc(N2CCC(CN(C)C)CC2)n1. The highest BCUT2D eigenvalue weighted by molar-refractivity contribution is 5.36. The number of hydrogen-bond acceptors (Lipinski definition) is 7. The van der Waals surface area contributed by atoms with Crippen LogP contribution >= 0.6 is 0 Å². The fourth-order valence-electron chi connectivity index (χ4n) is 2.53. The molecule has 1 aromatic rings. The molecule has 1 aromatic heterocycles. The van der Waals surface area contributed by atoms with Crippen molar-refractivity contribution in [2.75, 3.05) is 51.0 Å². The molecule has 112 valence electrons. The molecule has 1 fully saturated rings. The molecular formula is C13H24N6O. The first kappa shape index (κ1) is 14.8. The first-order valence-corrected chi connectivity index (χ1v) is 7.12. The summed E-state index contributed by atoms with van der Waals surface area (Å²) >= 11 is 0. The summed E-state index contributed by atoms with van der Waals surface area (Å²) in [6.07, 6.45) is 2.29. The van der Waals surface area contributed by atoms with Gasteiger partial charge in [0.2, 0.25) is 11.9 Å². The molecular weight excluding hydrogens is 256 g/mol. The molecule has 0 spiro atoms. The van der Waals surface area contributed by atoms with E-state index >= 15 is 0 Å². The maximum atomic E-state index is 5.71. The minimum absolute atomic E-state index is 0.217. The van der Waals surface area contributed by atoms with E-state index in [1.165, 1.54) is 0 Å². The van der Waals surface area contributed by atoms with E-state index in [1.54, 1.807) is 0 Å². The minimum atomic E-state index is 0.217. The monoisotopic (exact) mass is 280 g/mol. The van der Waals surface area contributed by atoms with Crippen LogP contribution in [0.1, 0.15) is 19.8 Å². The third-order valence-electron chi connectivity index (χ3n) is 3.41. The number of aromatic nitrogens is 3. The number of nitrogens with two attached hydrogens (primary N) is 1. The highest BCUT2D eigenvalue weighted by atomic mass is 16.5. The van der Waals surface area contributed by atoms with Crippen molar-refractivity contribution in [2.45, 2.75) is 19.8 Å². The van der Waals surface area contributed by atoms with Gasteiger partial charge in [0.25, 0.3) is 0 Å². The predicted octanol–water partition coefficient (Wildman–Crippen LogP) is 0.631. The van der Waals surface area contributed by atoms with E-state index < -0.39 is 0 Å². The zero-order chi connectivity index (χ0) is 14.5. The van der Waals surface area contributed by atoms with Gasteiger partial charge in [-0.2, -0.15) is 15.0 Å². The first-order chi connectivity index (χ1) is 9.58. The lowest BCUT2D eigenvalue weighted by molar-refractivity contribution is 0.283. The van der Waals surface area contributed by atoms with Crippen LogP contribution < -0.4 is 15.4 Å². The fourth-order valence-corrected chi connectivity index (χ4v) is 2.53. The third kappa shape index (κ3) is 3.93. The molecule has 0 aliphatic carbocycles. The van der Waals surface area contributed by atoms with Crippen LogP contribution in [0.3, 0.4) is 0 Å². The Morgan fingerprint density at radius 2 is 1.95 bits per heavy atom. The Labute approximate surface area is 120 Å². The Balaban J connectivity index is 1.99. The summed E-state index contributed by atoms with van der Waals surface area (Å²) in [6, 6.07) is 0.311. The number of anilines is 2. The van der Waals surface area contributed by atoms with Crippen LogP contribution in [0, 0.1) is 5.92 Å². The smallest absolute Gasteiger partial charge is 0.323 e. The minimum Gasteiger partial charge on any atom is -0.464 e. The molecule has 0 radical (unpaired) electrons. The molecule has 0 bridgehead atoms. The summed E-state index contributed by atoms with van der Waals surface area (Å²) in [7, 11) is 4.24. The summed E-state index contributed by atoms with van der Waals surface area (Å²) in [5.41, 5.74) is 5.71. The second kappa shape index (κ2) is 6.69. The zero-order valence-corrected chi connectivity index (χ0v) is 12.5. The van der Waals surface area contributed by atoms with Gasteiger partial charge in [0, 0.05) is 19.6 Å². The largest absolute Gasteiger partial charge is 0.464 e. The van der Waals surface area contributed by atoms with Crippen molar-refractivity contribution in [2.24, 2.45) is 5.92 Å². The quantitative estimate of drug-likeness (QED) is 0.847. The van der Waals surface area contributed by atoms with Crippen LogP contribution in [0.15, 0.2) is 0 Å². The van der Waals surface area contributed by atoms with E-state index in [9.17, 15) is 0 Å². The summed E-state index contributed by atoms with van der Waals surface area (Å²) in [4.78, 5) is 16.9. The highest BCUT2D eigenvalue weighted by Gasteiger charge is 2.22. The van der Waals surface area contributed by atoms with E-state index in [-0.39, 0.29) is 5.95 Å². The van der Waals surface area contributed by atoms with Crippen LogP contribution in [-0.2, 0) is 0 Å². The van der Waals surface area contributed by atoms with Gasteiger partial charge in [-0.3, -0.25) is 0 Å². The van der Waals surface area contributed by atoms with E-state index in [2.05, 4.69) is 38.8 Å². The Bertz CT molecular complexity index is 431. The molecule has 0 atom stereocenters. The van der Waals surface area contributed by atoms with Crippen molar-refractivity contribution >= 4 is 11.9 Å². The summed E-state index contributed by atoms with van der Waals surface area (Å²) < 4.78 is 5.32. The van der Waals surface area contributed by atoms with E-state index in [1.807, 2.05) is 6.92 Å². The van der Waals surface area contributed by atoms with Gasteiger partial charge >= 0.3 is 6.01 Å². The van der Waals surface area contributed by atoms with E-state index in [0.29, 0.717) is 18.6 Å². The Kier molecular flexibility index (Phi) is 4.94. The lowest BCUT2D eigenvalue weighted by Gasteiger charge is -2.33. The predicted molar refractivity (Wildman–Crippen MR) is 78.9 cm³/mol. The first-order valence-electron chi connectivity index (χ1n) is 7.12. The molecule has 1 saturated heterocycles. The maximum Gasteiger partial charge on any atom is 0.323 e. The molecule has 0 unspecified atom stereocenters. The van der Waals surface area contributed by atoms with Gasteiger partial charge in [-0.25, -0.2) is 0 Å². The number of rotatable bonds is 5. The van der Waals surface area contributed by atoms with Crippen LogP contribution in [0.4, 0.5) is 11.9 Å². The van der Waals surface area contributed by atoms with Crippen molar-refractivity contribution in [3.05, 3.63) is 0 Å². The van der Waals surface area contributed by atoms with Gasteiger partial charge in [-0.1, -0.05) is 0 Å². The normalized spacial score (nSPS) is 16.7. The van der Waals surface area contributed by atoms with Crippen LogP contribution in [0.5, 0.6) is 6.01 Å². The third-order valence-corrected chi connectivity index (χ3v) is 3.41. The molecule has 1 aliphatic heterocycles. The van der Waals surface area contributed by atoms with Gasteiger partial charge in [-0.05, 0) is 39.8 Å². The van der Waals surface area contributed by atoms with Crippen molar-refractivity contribution in [1.82, 2.24) is 19.9 Å². The molecule has 0 aromatic carbocycles. The molecule has 0 amide bonds. The van der Waals surface area contributed by atoms with Crippen LogP contribution in [0.25, 0.3) is 0 Å². The fraction of sp³-hybridized carbons (Fsp3) is 0.769. The molecule has 20 heavy (non-hydrogen) atoms. The average Bonchev–Trinajstić information content (AvgIpc) is 2.38.